The number of halogens is 10. The second-order valence-electron chi connectivity index (χ2n) is 33.1. The Morgan fingerprint density at radius 2 is 0.476 bits per heavy atom. The van der Waals surface area contributed by atoms with E-state index in [0.717, 1.165) is 25.4 Å². The van der Waals surface area contributed by atoms with Crippen molar-refractivity contribution in [3.8, 4) is 115 Å². The molecule has 15 aromatic rings. The molecule has 5 heterocycles. The van der Waals surface area contributed by atoms with Gasteiger partial charge in [0.1, 0.15) is 59.1 Å². The molecule has 10 aromatic carbocycles. The van der Waals surface area contributed by atoms with Crippen LogP contribution in [0.15, 0.2) is 212 Å². The zero-order valence-corrected chi connectivity index (χ0v) is 84.9. The van der Waals surface area contributed by atoms with Crippen LogP contribution < -0.4 is 47.3 Å². The van der Waals surface area contributed by atoms with Crippen LogP contribution in [0, 0.1) is 56.7 Å². The van der Waals surface area contributed by atoms with Gasteiger partial charge in [0.2, 0.25) is 50.1 Å². The Balaban J connectivity index is 0.000000175. The molecule has 0 aliphatic heterocycles. The van der Waals surface area contributed by atoms with E-state index in [2.05, 4.69) is 77.6 Å². The number of aryl methyl sites for hydroxylation is 3. The molecule has 5 N–H and O–H groups in total. The normalized spacial score (nSPS) is 11.7. The number of rotatable bonds is 35. The van der Waals surface area contributed by atoms with Crippen molar-refractivity contribution >= 4 is 133 Å². The third kappa shape index (κ3) is 27.5. The van der Waals surface area contributed by atoms with Crippen molar-refractivity contribution in [2.24, 2.45) is 0 Å². The lowest BCUT2D eigenvalue weighted by atomic mass is 10.1. The molecule has 30 nitrogen and oxygen atoms in total. The Bertz CT molecular complexity index is 8180. The predicted molar refractivity (Wildman–Crippen MR) is 547 cm³/mol. The third-order valence-electron chi connectivity index (χ3n) is 22.3. The predicted octanol–water partition coefficient (Wildman–Crippen LogP) is 23.9. The molecule has 147 heavy (non-hydrogen) atoms. The standard InChI is InChI=1S/2C21H21F2N3O3S.3C20H19F2N3O3S/c1-4-30(27,28)25-15-7-5-14(6-8-15)20-18(12-24)17-10-9-16(29-21(22)23)11-19(17)26(20)13(2)3;1-3-11-26-19-12-16(29-21(22)23)9-10-17(19)18(13-24)20(26)14-5-7-15(8-6-14)25-30(27,28)4-2;1-12(2)25-18-10-15(28-20(21)22)8-9-16(18)17(11-23)19(25)13-4-6-14(7-5-13)24-29(3,26)27;1-3-10-25-18-11-15(28-20(21)22)8-9-16(18)17(12-23)19(25)13-4-6-14(7-5-13)24-29(2,26)27;1-3-25-18-11-15(28-20(21)22)9-10-16(18)17(12-23)19(25)13-5-7-14(8-6-13)24-29(26,27)4-2/h5-11,13,21,25H,4H2,1-3H3;5-10,12,21,25H,3-4,11H2,1-2H3;4-10,12,20,24H,1-3H3;4-9,11,20,24H,3,10H2,1-2H3;5-11,20,24H,3-4H2,1-2H3. The monoisotopic (exact) mass is 2120 g/mol. The number of alkyl halides is 10. The van der Waals surface area contributed by atoms with Crippen LogP contribution in [0.1, 0.15) is 122 Å². The molecule has 15 rings (SSSR count). The van der Waals surface area contributed by atoms with E-state index in [0.29, 0.717) is 187 Å². The van der Waals surface area contributed by atoms with E-state index < -0.39 is 83.2 Å². The Hall–Kier alpha value is -15.6. The Morgan fingerprint density at radius 3 is 0.673 bits per heavy atom. The molecule has 0 unspecified atom stereocenters. The summed E-state index contributed by atoms with van der Waals surface area (Å²) in [6, 6.07) is 66.7. The van der Waals surface area contributed by atoms with Gasteiger partial charge in [0.05, 0.1) is 114 Å². The number of nitrogens with one attached hydrogen (secondary N) is 5. The largest absolute Gasteiger partial charge is 0.435 e. The minimum absolute atomic E-state index is 0.00985. The fourth-order valence-electron chi connectivity index (χ4n) is 16.5. The summed E-state index contributed by atoms with van der Waals surface area (Å²) < 4.78 is 286. The van der Waals surface area contributed by atoms with Crippen LogP contribution in [-0.2, 0) is 69.8 Å². The van der Waals surface area contributed by atoms with Crippen LogP contribution in [0.3, 0.4) is 0 Å². The van der Waals surface area contributed by atoms with E-state index in [9.17, 15) is 112 Å². The molecule has 0 amide bonds. The number of ether oxygens (including phenoxy) is 5. The molecular weight excluding hydrogens is 2030 g/mol. The summed E-state index contributed by atoms with van der Waals surface area (Å²) in [7, 11) is -17.0. The summed E-state index contributed by atoms with van der Waals surface area (Å²) in [5.74, 6) is -0.0498. The number of nitriles is 5. The second kappa shape index (κ2) is 47.9. The van der Waals surface area contributed by atoms with Gasteiger partial charge in [-0.1, -0.05) is 74.5 Å². The molecule has 0 bridgehead atoms. The summed E-state index contributed by atoms with van der Waals surface area (Å²) in [5, 5.41) is 52.1. The zero-order chi connectivity index (χ0) is 108. The first-order valence-electron chi connectivity index (χ1n) is 45.2. The average molecular weight is 2130 g/mol. The molecule has 45 heteroatoms. The summed E-state index contributed by atoms with van der Waals surface area (Å²) >= 11 is 0. The van der Waals surface area contributed by atoms with Gasteiger partial charge < -0.3 is 46.5 Å². The molecule has 0 aliphatic carbocycles. The van der Waals surface area contributed by atoms with Crippen LogP contribution in [-0.4, -0.2) is 128 Å². The van der Waals surface area contributed by atoms with Crippen molar-refractivity contribution < 1.29 is 110 Å². The highest BCUT2D eigenvalue weighted by molar-refractivity contribution is 7.93. The number of aromatic nitrogens is 5. The van der Waals surface area contributed by atoms with Gasteiger partial charge in [-0.05, 0) is 217 Å². The molecule has 0 saturated heterocycles. The van der Waals surface area contributed by atoms with Gasteiger partial charge in [0, 0.05) is 117 Å². The van der Waals surface area contributed by atoms with E-state index in [1.54, 1.807) is 172 Å². The van der Waals surface area contributed by atoms with E-state index in [-0.39, 0.29) is 58.1 Å². The number of hydrogen-bond donors (Lipinski definition) is 5. The van der Waals surface area contributed by atoms with Gasteiger partial charge in [-0.2, -0.15) is 70.2 Å². The van der Waals surface area contributed by atoms with Gasteiger partial charge in [-0.15, -0.1) is 0 Å². The molecular formula is C102H99F10N15O15S5. The first-order chi connectivity index (χ1) is 69.6. The average Bonchev–Trinajstić information content (AvgIpc) is 1.58. The third-order valence-corrected chi connectivity index (χ3v) is 27.5. The van der Waals surface area contributed by atoms with Crippen LogP contribution in [0.2, 0.25) is 0 Å². The summed E-state index contributed by atoms with van der Waals surface area (Å²) in [6.45, 7) is 5.08. The highest BCUT2D eigenvalue weighted by atomic mass is 32.2. The summed E-state index contributed by atoms with van der Waals surface area (Å²) in [6.07, 6.45) is 3.64. The summed E-state index contributed by atoms with van der Waals surface area (Å²) in [5.41, 5.74) is 13.9. The van der Waals surface area contributed by atoms with Crippen molar-refractivity contribution in [2.75, 3.05) is 53.4 Å². The van der Waals surface area contributed by atoms with Gasteiger partial charge in [0.25, 0.3) is 0 Å². The minimum Gasteiger partial charge on any atom is -0.435 e. The minimum atomic E-state index is -3.41. The van der Waals surface area contributed by atoms with Crippen molar-refractivity contribution in [3.63, 3.8) is 0 Å². The zero-order valence-electron chi connectivity index (χ0n) is 80.8. The van der Waals surface area contributed by atoms with Gasteiger partial charge >= 0.3 is 33.1 Å². The fourth-order valence-corrected chi connectivity index (χ4v) is 19.5. The lowest BCUT2D eigenvalue weighted by Gasteiger charge is -2.16. The lowest BCUT2D eigenvalue weighted by molar-refractivity contribution is -0.0504. The quantitative estimate of drug-likeness (QED) is 0.0230. The molecule has 5 aromatic heterocycles. The van der Waals surface area contributed by atoms with E-state index in [1.807, 2.05) is 71.3 Å². The molecule has 0 saturated carbocycles. The maximum absolute atomic E-state index is 12.6. The van der Waals surface area contributed by atoms with Crippen molar-refractivity contribution in [1.82, 2.24) is 22.8 Å². The number of nitrogens with zero attached hydrogens (tertiary/aromatic N) is 10. The maximum Gasteiger partial charge on any atom is 0.387 e. The summed E-state index contributed by atoms with van der Waals surface area (Å²) in [4.78, 5) is 0. The van der Waals surface area contributed by atoms with Gasteiger partial charge in [-0.25, -0.2) is 42.1 Å². The first kappa shape index (κ1) is 112. The van der Waals surface area contributed by atoms with E-state index in [4.69, 9.17) is 0 Å². The van der Waals surface area contributed by atoms with Crippen molar-refractivity contribution in [1.29, 1.82) is 26.3 Å². The lowest BCUT2D eigenvalue weighted by Crippen LogP contribution is -2.14. The van der Waals surface area contributed by atoms with Crippen molar-refractivity contribution in [2.45, 2.75) is 147 Å². The molecule has 0 spiro atoms. The highest BCUT2D eigenvalue weighted by Crippen LogP contribution is 2.45. The number of anilines is 5. The molecule has 772 valence electrons. The van der Waals surface area contributed by atoms with E-state index >= 15 is 0 Å². The Kier molecular flexibility index (Phi) is 36.4. The first-order valence-corrected chi connectivity index (χ1v) is 53.9. The van der Waals surface area contributed by atoms with Crippen LogP contribution in [0.4, 0.5) is 72.3 Å². The Morgan fingerprint density at radius 1 is 0.279 bits per heavy atom. The van der Waals surface area contributed by atoms with Crippen LogP contribution in [0.5, 0.6) is 28.7 Å². The number of hydrogen-bond acceptors (Lipinski definition) is 20. The molecule has 0 fully saturated rings. The van der Waals surface area contributed by atoms with Crippen LogP contribution in [0.25, 0.3) is 111 Å². The SMILES string of the molecule is CC(C)n1c(-c2ccc(NS(C)(=O)=O)cc2)c(C#N)c2ccc(OC(F)F)cc21.CCCn1c(-c2ccc(NS(=O)(=O)CC)cc2)c(C#N)c2ccc(OC(F)F)cc21.CCCn1c(-c2ccc(NS(C)(=O)=O)cc2)c(C#N)c2ccc(OC(F)F)cc21.CCS(=O)(=O)Nc1ccc(-c2c(C#N)c3ccc(OC(F)F)cc3n2C(C)C)cc1.CCn1c(-c2ccc(NS(=O)(=O)CC)cc2)c(C#N)c2ccc(OC(F)F)cc21. The number of benzene rings is 10. The van der Waals surface area contributed by atoms with Crippen molar-refractivity contribution in [3.05, 3.63) is 240 Å². The van der Waals surface area contributed by atoms with Crippen LogP contribution >= 0.6 is 0 Å². The Labute approximate surface area is 842 Å². The smallest absolute Gasteiger partial charge is 0.387 e. The van der Waals surface area contributed by atoms with E-state index in [1.165, 1.54) is 60.7 Å². The second-order valence-corrected chi connectivity index (χ2v) is 42.6. The molecule has 0 radical (unpaired) electrons. The maximum atomic E-state index is 12.6. The van der Waals surface area contributed by atoms with Gasteiger partial charge in [-0.3, -0.25) is 23.6 Å². The fraction of sp³-hybridized carbons (Fsp3) is 0.265. The highest BCUT2D eigenvalue weighted by Gasteiger charge is 2.29. The molecule has 0 atom stereocenters. The topological polar surface area (TPSA) is 421 Å². The number of fused-ring (bicyclic) bond motifs is 5. The van der Waals surface area contributed by atoms with Gasteiger partial charge in [0.15, 0.2) is 0 Å². The molecule has 0 aliphatic rings. The number of sulfonamides is 5.